The smallest absolute Gasteiger partial charge is 0.257 e. The Morgan fingerprint density at radius 1 is 1.17 bits per heavy atom. The molecule has 0 unspecified atom stereocenters. The maximum Gasteiger partial charge on any atom is 0.257 e. The molecule has 1 heterocycles. The van der Waals surface area contributed by atoms with Crippen molar-refractivity contribution >= 4 is 34.1 Å². The number of ether oxygens (including phenoxy) is 1. The Bertz CT molecular complexity index is 938. The highest BCUT2D eigenvalue weighted by Gasteiger charge is 2.15. The number of methoxy groups -OCH3 is 1. The van der Waals surface area contributed by atoms with E-state index in [0.29, 0.717) is 27.7 Å². The van der Waals surface area contributed by atoms with Gasteiger partial charge in [0.1, 0.15) is 0 Å². The van der Waals surface area contributed by atoms with Gasteiger partial charge in [0, 0.05) is 5.39 Å². The molecule has 0 aliphatic carbocycles. The van der Waals surface area contributed by atoms with Crippen LogP contribution in [0.5, 0.6) is 5.75 Å². The van der Waals surface area contributed by atoms with Crippen LogP contribution in [-0.4, -0.2) is 18.0 Å². The molecule has 0 fully saturated rings. The van der Waals surface area contributed by atoms with E-state index >= 15 is 0 Å². The van der Waals surface area contributed by atoms with Crippen molar-refractivity contribution in [3.8, 4) is 5.75 Å². The highest BCUT2D eigenvalue weighted by atomic mass is 35.5. The minimum atomic E-state index is -0.246. The third kappa shape index (κ3) is 3.05. The molecule has 0 bridgehead atoms. The third-order valence-corrected chi connectivity index (χ3v) is 4.12. The van der Waals surface area contributed by atoms with Gasteiger partial charge in [0.2, 0.25) is 0 Å². The Morgan fingerprint density at radius 3 is 2.71 bits per heavy atom. The van der Waals surface area contributed by atoms with Crippen LogP contribution in [0.25, 0.3) is 10.9 Å². The van der Waals surface area contributed by atoms with E-state index in [9.17, 15) is 4.79 Å². The lowest BCUT2D eigenvalue weighted by molar-refractivity contribution is 0.102. The molecular weight excluding hydrogens is 324 g/mol. The SMILES string of the molecule is COc1c(Cl)cccc1NC(=O)c1cc2cc(C)ccc2nc1C. The number of amides is 1. The van der Waals surface area contributed by atoms with Gasteiger partial charge in [0.25, 0.3) is 5.91 Å². The van der Waals surface area contributed by atoms with Crippen LogP contribution < -0.4 is 10.1 Å². The van der Waals surface area contributed by atoms with E-state index in [0.717, 1.165) is 16.5 Å². The number of nitrogens with zero attached hydrogens (tertiary/aromatic N) is 1. The van der Waals surface area contributed by atoms with E-state index in [1.165, 1.54) is 7.11 Å². The summed E-state index contributed by atoms with van der Waals surface area (Å²) in [5.41, 5.74) is 3.71. The van der Waals surface area contributed by atoms with E-state index in [1.54, 1.807) is 18.2 Å². The first-order valence-corrected chi connectivity index (χ1v) is 7.89. The Morgan fingerprint density at radius 2 is 1.96 bits per heavy atom. The van der Waals surface area contributed by atoms with Crippen molar-refractivity contribution in [2.45, 2.75) is 13.8 Å². The summed E-state index contributed by atoms with van der Waals surface area (Å²) in [6.07, 6.45) is 0. The number of halogens is 1. The fourth-order valence-corrected chi connectivity index (χ4v) is 2.88. The monoisotopic (exact) mass is 340 g/mol. The summed E-state index contributed by atoms with van der Waals surface area (Å²) >= 11 is 6.10. The number of carbonyl (C=O) groups is 1. The quantitative estimate of drug-likeness (QED) is 0.747. The number of aryl methyl sites for hydroxylation is 2. The first-order valence-electron chi connectivity index (χ1n) is 7.51. The summed E-state index contributed by atoms with van der Waals surface area (Å²) in [6, 6.07) is 13.0. The van der Waals surface area contributed by atoms with E-state index < -0.39 is 0 Å². The van der Waals surface area contributed by atoms with E-state index in [4.69, 9.17) is 16.3 Å². The molecule has 0 spiro atoms. The lowest BCUT2D eigenvalue weighted by Crippen LogP contribution is -2.15. The highest BCUT2D eigenvalue weighted by molar-refractivity contribution is 6.32. The maximum absolute atomic E-state index is 12.7. The molecule has 1 aromatic heterocycles. The van der Waals surface area contributed by atoms with Crippen LogP contribution in [0.3, 0.4) is 0 Å². The number of rotatable bonds is 3. The van der Waals surface area contributed by atoms with Gasteiger partial charge in [0.15, 0.2) is 5.75 Å². The Kier molecular flexibility index (Phi) is 4.40. The number of carbonyl (C=O) groups excluding carboxylic acids is 1. The first kappa shape index (κ1) is 16.3. The summed E-state index contributed by atoms with van der Waals surface area (Å²) in [6.45, 7) is 3.83. The van der Waals surface area contributed by atoms with Crippen LogP contribution in [0.15, 0.2) is 42.5 Å². The molecule has 1 amide bonds. The van der Waals surface area contributed by atoms with Crippen molar-refractivity contribution in [2.24, 2.45) is 0 Å². The first-order chi connectivity index (χ1) is 11.5. The zero-order chi connectivity index (χ0) is 17.3. The third-order valence-electron chi connectivity index (χ3n) is 3.82. The van der Waals surface area contributed by atoms with Crippen LogP contribution in [0.1, 0.15) is 21.6 Å². The van der Waals surface area contributed by atoms with Crippen molar-refractivity contribution in [3.63, 3.8) is 0 Å². The summed E-state index contributed by atoms with van der Waals surface area (Å²) < 4.78 is 5.27. The molecule has 0 atom stereocenters. The molecule has 122 valence electrons. The number of anilines is 1. The Labute approximate surface area is 145 Å². The molecule has 0 aliphatic rings. The van der Waals surface area contributed by atoms with Gasteiger partial charge in [-0.15, -0.1) is 0 Å². The fourth-order valence-electron chi connectivity index (χ4n) is 2.63. The van der Waals surface area contributed by atoms with E-state index in [1.807, 2.05) is 38.1 Å². The minimum Gasteiger partial charge on any atom is -0.493 e. The summed E-state index contributed by atoms with van der Waals surface area (Å²) in [7, 11) is 1.52. The second-order valence-electron chi connectivity index (χ2n) is 5.59. The molecular formula is C19H17ClN2O2. The van der Waals surface area contributed by atoms with Gasteiger partial charge < -0.3 is 10.1 Å². The van der Waals surface area contributed by atoms with Gasteiger partial charge in [-0.3, -0.25) is 9.78 Å². The van der Waals surface area contributed by atoms with Crippen molar-refractivity contribution < 1.29 is 9.53 Å². The van der Waals surface area contributed by atoms with E-state index in [2.05, 4.69) is 10.3 Å². The van der Waals surface area contributed by atoms with Gasteiger partial charge in [-0.25, -0.2) is 0 Å². The van der Waals surface area contributed by atoms with Crippen LogP contribution in [0, 0.1) is 13.8 Å². The number of aromatic nitrogens is 1. The van der Waals surface area contributed by atoms with Crippen molar-refractivity contribution in [2.75, 3.05) is 12.4 Å². The average Bonchev–Trinajstić information content (AvgIpc) is 2.54. The molecule has 0 radical (unpaired) electrons. The molecule has 0 aliphatic heterocycles. The number of pyridine rings is 1. The fraction of sp³-hybridized carbons (Fsp3) is 0.158. The molecule has 3 rings (SSSR count). The van der Waals surface area contributed by atoms with Crippen molar-refractivity contribution in [3.05, 3.63) is 64.3 Å². The van der Waals surface area contributed by atoms with E-state index in [-0.39, 0.29) is 5.91 Å². The number of hydrogen-bond acceptors (Lipinski definition) is 3. The number of hydrogen-bond donors (Lipinski definition) is 1. The largest absolute Gasteiger partial charge is 0.493 e. The number of para-hydroxylation sites is 1. The van der Waals surface area contributed by atoms with Gasteiger partial charge in [-0.05, 0) is 44.2 Å². The Hall–Kier alpha value is -2.59. The molecule has 1 N–H and O–H groups in total. The predicted molar refractivity (Wildman–Crippen MR) is 97.2 cm³/mol. The summed E-state index contributed by atoms with van der Waals surface area (Å²) in [4.78, 5) is 17.2. The maximum atomic E-state index is 12.7. The van der Waals surface area contributed by atoms with Gasteiger partial charge in [0.05, 0.1) is 34.6 Å². The van der Waals surface area contributed by atoms with Crippen LogP contribution in [0.2, 0.25) is 5.02 Å². The second-order valence-corrected chi connectivity index (χ2v) is 6.00. The zero-order valence-corrected chi connectivity index (χ0v) is 14.4. The Balaban J connectivity index is 2.00. The van der Waals surface area contributed by atoms with Gasteiger partial charge >= 0.3 is 0 Å². The lowest BCUT2D eigenvalue weighted by atomic mass is 10.1. The summed E-state index contributed by atoms with van der Waals surface area (Å²) in [5, 5.41) is 4.23. The van der Waals surface area contributed by atoms with Gasteiger partial charge in [-0.1, -0.05) is 29.3 Å². The molecule has 0 saturated heterocycles. The van der Waals surface area contributed by atoms with Gasteiger partial charge in [-0.2, -0.15) is 0 Å². The second kappa shape index (κ2) is 6.49. The number of fused-ring (bicyclic) bond motifs is 1. The highest BCUT2D eigenvalue weighted by Crippen LogP contribution is 2.33. The molecule has 3 aromatic rings. The molecule has 24 heavy (non-hydrogen) atoms. The summed E-state index contributed by atoms with van der Waals surface area (Å²) in [5.74, 6) is 0.193. The van der Waals surface area contributed by atoms with Crippen LogP contribution >= 0.6 is 11.6 Å². The molecule has 5 heteroatoms. The molecule has 2 aromatic carbocycles. The topological polar surface area (TPSA) is 51.2 Å². The van der Waals surface area contributed by atoms with Crippen LogP contribution in [-0.2, 0) is 0 Å². The predicted octanol–water partition coefficient (Wildman–Crippen LogP) is 4.77. The standard InChI is InChI=1S/C19H17ClN2O2/c1-11-7-8-16-13(9-11)10-14(12(2)21-16)19(23)22-17-6-4-5-15(20)18(17)24-3/h4-10H,1-3H3,(H,22,23). The molecule has 0 saturated carbocycles. The molecule has 4 nitrogen and oxygen atoms in total. The van der Waals surface area contributed by atoms with Crippen molar-refractivity contribution in [1.82, 2.24) is 4.98 Å². The van der Waals surface area contributed by atoms with Crippen LogP contribution in [0.4, 0.5) is 5.69 Å². The lowest BCUT2D eigenvalue weighted by Gasteiger charge is -2.13. The average molecular weight is 341 g/mol. The number of nitrogens with one attached hydrogen (secondary N) is 1. The van der Waals surface area contributed by atoms with Crippen molar-refractivity contribution in [1.29, 1.82) is 0 Å². The zero-order valence-electron chi connectivity index (χ0n) is 13.7. The normalized spacial score (nSPS) is 10.7. The number of benzene rings is 2. The minimum absolute atomic E-state index is 0.246.